The summed E-state index contributed by atoms with van der Waals surface area (Å²) in [6.07, 6.45) is 1.41. The van der Waals surface area contributed by atoms with Gasteiger partial charge >= 0.3 is 0 Å². The summed E-state index contributed by atoms with van der Waals surface area (Å²) < 4.78 is 10.4. The van der Waals surface area contributed by atoms with Crippen molar-refractivity contribution in [2.24, 2.45) is 11.5 Å². The number of hydrazine groups is 1. The minimum absolute atomic E-state index is 0.150. The monoisotopic (exact) mass is 304 g/mol. The third kappa shape index (κ3) is 14.7. The zero-order valence-corrected chi connectivity index (χ0v) is 12.0. The molecule has 0 saturated carbocycles. The minimum Gasteiger partial charge on any atom is -0.379 e. The number of ether oxygens (including phenoxy) is 2. The van der Waals surface area contributed by atoms with Crippen LogP contribution in [0, 0.1) is 0 Å². The molecular weight excluding hydrogens is 280 g/mol. The molecule has 0 saturated heterocycles. The maximum absolute atomic E-state index is 10.7. The van der Waals surface area contributed by atoms with Crippen molar-refractivity contribution in [3.8, 4) is 0 Å². The zero-order valence-electron chi connectivity index (χ0n) is 12.0. The highest BCUT2D eigenvalue weighted by atomic mass is 16.5. The van der Waals surface area contributed by atoms with Gasteiger partial charge in [0, 0.05) is 19.4 Å². The Kier molecular flexibility index (Phi) is 12.4. The third-order valence-corrected chi connectivity index (χ3v) is 2.39. The molecule has 0 fully saturated rings. The summed E-state index contributed by atoms with van der Waals surface area (Å²) in [5, 5.41) is 0. The molecule has 6 N–H and O–H groups in total. The number of nitrogens with two attached hydrogens (primary N) is 2. The predicted octanol–water partition coefficient (Wildman–Crippen LogP) is -2.18. The van der Waals surface area contributed by atoms with E-state index in [-0.39, 0.29) is 12.8 Å². The average molecular weight is 304 g/mol. The van der Waals surface area contributed by atoms with E-state index < -0.39 is 17.9 Å². The van der Waals surface area contributed by atoms with Gasteiger partial charge in [-0.3, -0.25) is 15.0 Å². The molecule has 0 aliphatic carbocycles. The van der Waals surface area contributed by atoms with E-state index in [1.165, 1.54) is 0 Å². The van der Waals surface area contributed by atoms with E-state index in [9.17, 15) is 14.4 Å². The molecule has 0 heterocycles. The molecular formula is C12H24N4O5. The van der Waals surface area contributed by atoms with Crippen molar-refractivity contribution < 1.29 is 23.9 Å². The molecule has 0 unspecified atom stereocenters. The van der Waals surface area contributed by atoms with Gasteiger partial charge in [0.25, 0.3) is 0 Å². The molecule has 0 radical (unpaired) electrons. The quantitative estimate of drug-likeness (QED) is 0.153. The Labute approximate surface area is 123 Å². The topological polar surface area (TPSA) is 146 Å². The van der Waals surface area contributed by atoms with Crippen molar-refractivity contribution in [1.82, 2.24) is 10.9 Å². The molecule has 0 aromatic heterocycles. The molecule has 0 aliphatic rings. The first kappa shape index (κ1) is 19.4. The van der Waals surface area contributed by atoms with Crippen LogP contribution in [-0.2, 0) is 23.9 Å². The first-order valence-corrected chi connectivity index (χ1v) is 6.72. The van der Waals surface area contributed by atoms with Crippen LogP contribution in [0.5, 0.6) is 0 Å². The van der Waals surface area contributed by atoms with Crippen molar-refractivity contribution in [3.63, 3.8) is 0 Å². The summed E-state index contributed by atoms with van der Waals surface area (Å²) in [5.74, 6) is -0.837. The number of hydrogen-bond donors (Lipinski definition) is 4. The van der Waals surface area contributed by atoms with Crippen LogP contribution >= 0.6 is 0 Å². The number of primary amides is 2. The van der Waals surface area contributed by atoms with Crippen molar-refractivity contribution in [3.05, 3.63) is 0 Å². The van der Waals surface area contributed by atoms with Gasteiger partial charge in [0.2, 0.25) is 11.8 Å². The Morgan fingerprint density at radius 3 is 2.19 bits per heavy atom. The Morgan fingerprint density at radius 1 is 1.00 bits per heavy atom. The third-order valence-electron chi connectivity index (χ3n) is 2.39. The van der Waals surface area contributed by atoms with Gasteiger partial charge in [-0.1, -0.05) is 0 Å². The Balaban J connectivity index is 3.32. The molecule has 0 aromatic carbocycles. The zero-order chi connectivity index (χ0) is 15.9. The lowest BCUT2D eigenvalue weighted by Gasteiger charge is -2.13. The normalized spacial score (nSPS) is 12.0. The van der Waals surface area contributed by atoms with Gasteiger partial charge in [0.1, 0.15) is 6.29 Å². The van der Waals surface area contributed by atoms with Crippen LogP contribution in [0.2, 0.25) is 0 Å². The van der Waals surface area contributed by atoms with E-state index in [0.29, 0.717) is 45.7 Å². The minimum atomic E-state index is -0.463. The Morgan fingerprint density at radius 2 is 1.62 bits per heavy atom. The Bertz CT molecular complexity index is 314. The van der Waals surface area contributed by atoms with Gasteiger partial charge in [-0.2, -0.15) is 0 Å². The number of nitrogens with one attached hydrogen (secondary N) is 2. The van der Waals surface area contributed by atoms with Gasteiger partial charge in [-0.05, 0) is 6.42 Å². The van der Waals surface area contributed by atoms with Crippen LogP contribution in [0.15, 0.2) is 0 Å². The van der Waals surface area contributed by atoms with Crippen LogP contribution in [0.25, 0.3) is 0 Å². The molecule has 0 aromatic rings. The summed E-state index contributed by atoms with van der Waals surface area (Å²) in [7, 11) is 0. The highest BCUT2D eigenvalue weighted by Crippen LogP contribution is 1.92. The molecule has 0 bridgehead atoms. The number of carbonyl (C=O) groups is 3. The lowest BCUT2D eigenvalue weighted by atomic mass is 10.2. The van der Waals surface area contributed by atoms with E-state index in [2.05, 4.69) is 10.9 Å². The lowest BCUT2D eigenvalue weighted by Crippen LogP contribution is -2.43. The largest absolute Gasteiger partial charge is 0.379 e. The van der Waals surface area contributed by atoms with Gasteiger partial charge in [0.15, 0.2) is 0 Å². The van der Waals surface area contributed by atoms with Crippen molar-refractivity contribution in [1.29, 1.82) is 0 Å². The van der Waals surface area contributed by atoms with E-state index in [0.717, 1.165) is 0 Å². The molecule has 9 heteroatoms. The summed E-state index contributed by atoms with van der Waals surface area (Å²) in [4.78, 5) is 31.7. The molecule has 9 nitrogen and oxygen atoms in total. The fraction of sp³-hybridized carbons (Fsp3) is 0.750. The second-order valence-corrected chi connectivity index (χ2v) is 4.26. The smallest absolute Gasteiger partial charge is 0.219 e. The number of rotatable bonds is 15. The van der Waals surface area contributed by atoms with Crippen LogP contribution in [0.1, 0.15) is 19.3 Å². The first-order valence-electron chi connectivity index (χ1n) is 6.72. The lowest BCUT2D eigenvalue weighted by molar-refractivity contribution is -0.119. The van der Waals surface area contributed by atoms with Crippen molar-refractivity contribution >= 4 is 18.1 Å². The molecule has 0 spiro atoms. The van der Waals surface area contributed by atoms with Gasteiger partial charge in [-0.15, -0.1) is 0 Å². The fourth-order valence-electron chi connectivity index (χ4n) is 1.29. The van der Waals surface area contributed by atoms with Gasteiger partial charge in [-0.25, -0.2) is 5.43 Å². The standard InChI is InChI=1S/C12H24N4O5/c13-11(18)2-1-10(9-17)16-15-4-6-21-8-7-20-5-3-12(14)19/h9-10,15-16H,1-8H2,(H2,13,18)(H2,14,19)/t10-/m0/s1. The second kappa shape index (κ2) is 13.4. The fourth-order valence-corrected chi connectivity index (χ4v) is 1.29. The SMILES string of the molecule is NC(=O)CCOCCOCCNN[C@H](C=O)CCC(N)=O. The number of amides is 2. The molecule has 1 atom stereocenters. The van der Waals surface area contributed by atoms with Gasteiger partial charge < -0.3 is 25.7 Å². The first-order chi connectivity index (χ1) is 10.1. The van der Waals surface area contributed by atoms with E-state index in [1.54, 1.807) is 0 Å². The van der Waals surface area contributed by atoms with Crippen LogP contribution in [-0.4, -0.2) is 57.1 Å². The molecule has 21 heavy (non-hydrogen) atoms. The van der Waals surface area contributed by atoms with E-state index in [1.807, 2.05) is 0 Å². The highest BCUT2D eigenvalue weighted by Gasteiger charge is 2.07. The molecule has 2 amide bonds. The molecule has 122 valence electrons. The molecule has 0 rings (SSSR count). The second-order valence-electron chi connectivity index (χ2n) is 4.26. The summed E-state index contributed by atoms with van der Waals surface area (Å²) >= 11 is 0. The summed E-state index contributed by atoms with van der Waals surface area (Å²) in [6.45, 7) is 1.99. The maximum Gasteiger partial charge on any atom is 0.219 e. The van der Waals surface area contributed by atoms with Crippen molar-refractivity contribution in [2.75, 3.05) is 33.0 Å². The van der Waals surface area contributed by atoms with Gasteiger partial charge in [0.05, 0.1) is 32.5 Å². The summed E-state index contributed by atoms with van der Waals surface area (Å²) in [5.41, 5.74) is 15.5. The predicted molar refractivity (Wildman–Crippen MR) is 74.9 cm³/mol. The van der Waals surface area contributed by atoms with E-state index in [4.69, 9.17) is 20.9 Å². The maximum atomic E-state index is 10.7. The number of carbonyl (C=O) groups excluding carboxylic acids is 3. The van der Waals surface area contributed by atoms with Crippen molar-refractivity contribution in [2.45, 2.75) is 25.3 Å². The average Bonchev–Trinajstić information content (AvgIpc) is 2.43. The number of hydrogen-bond acceptors (Lipinski definition) is 7. The molecule has 0 aliphatic heterocycles. The van der Waals surface area contributed by atoms with Crippen LogP contribution < -0.4 is 22.3 Å². The Hall–Kier alpha value is -1.55. The summed E-state index contributed by atoms with van der Waals surface area (Å²) in [6, 6.07) is -0.463. The van der Waals surface area contributed by atoms with Crippen LogP contribution in [0.3, 0.4) is 0 Å². The van der Waals surface area contributed by atoms with E-state index >= 15 is 0 Å². The number of aldehydes is 1. The van der Waals surface area contributed by atoms with Crippen LogP contribution in [0.4, 0.5) is 0 Å². The highest BCUT2D eigenvalue weighted by molar-refractivity contribution is 5.74.